The van der Waals surface area contributed by atoms with Crippen LogP contribution in [0.3, 0.4) is 0 Å². The lowest BCUT2D eigenvalue weighted by atomic mass is 10.1. The number of nitrogens with one attached hydrogen (secondary N) is 1. The third-order valence-electron chi connectivity index (χ3n) is 6.46. The van der Waals surface area contributed by atoms with E-state index in [4.69, 9.17) is 14.5 Å². The largest absolute Gasteiger partial charge is 0.497 e. The number of ether oxygens (including phenoxy) is 2. The summed E-state index contributed by atoms with van der Waals surface area (Å²) in [5.74, 6) is 2.70. The molecule has 4 rings (SSSR count). The SMILES string of the molecule is COc1cccc(C(=O)NCCCCCc2nc3ccccc3n2CCCCOc2cccc(C)c2)c1. The maximum atomic E-state index is 12.4. The van der Waals surface area contributed by atoms with Gasteiger partial charge in [0.25, 0.3) is 5.91 Å². The molecule has 0 unspecified atom stereocenters. The number of imidazole rings is 1. The highest BCUT2D eigenvalue weighted by Gasteiger charge is 2.10. The Morgan fingerprint density at radius 3 is 2.59 bits per heavy atom. The van der Waals surface area contributed by atoms with Crippen LogP contribution >= 0.6 is 0 Å². The molecule has 0 saturated heterocycles. The normalized spacial score (nSPS) is 11.0. The van der Waals surface area contributed by atoms with Gasteiger partial charge < -0.3 is 19.4 Å². The van der Waals surface area contributed by atoms with Crippen LogP contribution in [0.15, 0.2) is 72.8 Å². The Morgan fingerprint density at radius 1 is 0.892 bits per heavy atom. The number of aryl methyl sites for hydroxylation is 3. The zero-order chi connectivity index (χ0) is 25.9. The van der Waals surface area contributed by atoms with Crippen LogP contribution < -0.4 is 14.8 Å². The molecule has 0 bridgehead atoms. The highest BCUT2D eigenvalue weighted by Crippen LogP contribution is 2.19. The van der Waals surface area contributed by atoms with Crippen molar-refractivity contribution < 1.29 is 14.3 Å². The van der Waals surface area contributed by atoms with E-state index in [-0.39, 0.29) is 5.91 Å². The third-order valence-corrected chi connectivity index (χ3v) is 6.46. The molecule has 0 aliphatic rings. The number of rotatable bonds is 14. The molecule has 0 radical (unpaired) electrons. The first-order chi connectivity index (χ1) is 18.1. The van der Waals surface area contributed by atoms with E-state index in [0.717, 1.165) is 62.2 Å². The molecule has 0 aliphatic carbocycles. The lowest BCUT2D eigenvalue weighted by molar-refractivity contribution is 0.0952. The summed E-state index contributed by atoms with van der Waals surface area (Å²) >= 11 is 0. The molecule has 6 nitrogen and oxygen atoms in total. The topological polar surface area (TPSA) is 65.4 Å². The molecular formula is C31H37N3O3. The maximum absolute atomic E-state index is 12.4. The Labute approximate surface area is 219 Å². The van der Waals surface area contributed by atoms with Gasteiger partial charge in [-0.1, -0.05) is 36.8 Å². The van der Waals surface area contributed by atoms with Gasteiger partial charge in [0.1, 0.15) is 17.3 Å². The van der Waals surface area contributed by atoms with Gasteiger partial charge in [0.2, 0.25) is 0 Å². The number of amides is 1. The molecule has 0 aliphatic heterocycles. The number of para-hydroxylation sites is 2. The minimum Gasteiger partial charge on any atom is -0.497 e. The number of carbonyl (C=O) groups excluding carboxylic acids is 1. The number of carbonyl (C=O) groups is 1. The van der Waals surface area contributed by atoms with Crippen LogP contribution in [0.25, 0.3) is 11.0 Å². The summed E-state index contributed by atoms with van der Waals surface area (Å²) in [5, 5.41) is 3.01. The maximum Gasteiger partial charge on any atom is 0.251 e. The van der Waals surface area contributed by atoms with E-state index in [1.54, 1.807) is 19.2 Å². The van der Waals surface area contributed by atoms with Crippen molar-refractivity contribution in [2.24, 2.45) is 0 Å². The van der Waals surface area contributed by atoms with Crippen LogP contribution in [0.2, 0.25) is 0 Å². The van der Waals surface area contributed by atoms with Gasteiger partial charge in [0.05, 0.1) is 24.8 Å². The zero-order valence-corrected chi connectivity index (χ0v) is 21.9. The lowest BCUT2D eigenvalue weighted by Gasteiger charge is -2.11. The Balaban J connectivity index is 1.21. The third kappa shape index (κ3) is 7.59. The van der Waals surface area contributed by atoms with Crippen LogP contribution in [0.5, 0.6) is 11.5 Å². The van der Waals surface area contributed by atoms with E-state index < -0.39 is 0 Å². The molecule has 37 heavy (non-hydrogen) atoms. The average Bonchev–Trinajstić information content (AvgIpc) is 3.27. The van der Waals surface area contributed by atoms with Gasteiger partial charge in [-0.15, -0.1) is 0 Å². The van der Waals surface area contributed by atoms with E-state index in [0.29, 0.717) is 24.5 Å². The number of unbranched alkanes of at least 4 members (excludes halogenated alkanes) is 3. The number of hydrogen-bond acceptors (Lipinski definition) is 4. The van der Waals surface area contributed by atoms with Crippen LogP contribution in [0, 0.1) is 6.92 Å². The number of fused-ring (bicyclic) bond motifs is 1. The fourth-order valence-corrected chi connectivity index (χ4v) is 4.49. The molecule has 1 heterocycles. The first-order valence-corrected chi connectivity index (χ1v) is 13.2. The molecule has 1 aromatic heterocycles. The van der Waals surface area contributed by atoms with Crippen molar-refractivity contribution in [2.75, 3.05) is 20.3 Å². The Hall–Kier alpha value is -3.80. The Morgan fingerprint density at radius 2 is 1.73 bits per heavy atom. The van der Waals surface area contributed by atoms with E-state index >= 15 is 0 Å². The first kappa shape index (κ1) is 26.3. The van der Waals surface area contributed by atoms with Crippen molar-refractivity contribution in [1.82, 2.24) is 14.9 Å². The molecule has 0 spiro atoms. The molecule has 1 N–H and O–H groups in total. The van der Waals surface area contributed by atoms with E-state index in [1.807, 2.05) is 30.3 Å². The summed E-state index contributed by atoms with van der Waals surface area (Å²) in [6.07, 6.45) is 5.97. The highest BCUT2D eigenvalue weighted by atomic mass is 16.5. The quantitative estimate of drug-likeness (QED) is 0.205. The fourth-order valence-electron chi connectivity index (χ4n) is 4.49. The molecule has 3 aromatic carbocycles. The number of benzene rings is 3. The standard InChI is InChI=1S/C31H37N3O3/c1-24-12-10-15-27(22-24)37-21-9-8-20-34-29-17-6-5-16-28(29)33-30(34)18-4-3-7-19-32-31(35)25-13-11-14-26(23-25)36-2/h5-6,10-17,22-23H,3-4,7-9,18-21H2,1-2H3,(H,32,35). The summed E-state index contributed by atoms with van der Waals surface area (Å²) < 4.78 is 13.5. The Kier molecular flexibility index (Phi) is 9.58. The molecule has 0 fully saturated rings. The van der Waals surface area contributed by atoms with Crippen LogP contribution in [0.4, 0.5) is 0 Å². The van der Waals surface area contributed by atoms with Crippen molar-refractivity contribution in [3.8, 4) is 11.5 Å². The van der Waals surface area contributed by atoms with E-state index in [2.05, 4.69) is 47.1 Å². The Bertz CT molecular complexity index is 1300. The van der Waals surface area contributed by atoms with Gasteiger partial charge in [-0.2, -0.15) is 0 Å². The number of nitrogens with zero attached hydrogens (tertiary/aromatic N) is 2. The van der Waals surface area contributed by atoms with Crippen LogP contribution in [-0.2, 0) is 13.0 Å². The zero-order valence-electron chi connectivity index (χ0n) is 21.9. The van der Waals surface area contributed by atoms with Crippen LogP contribution in [-0.4, -0.2) is 35.7 Å². The van der Waals surface area contributed by atoms with Gasteiger partial charge >= 0.3 is 0 Å². The number of hydrogen-bond donors (Lipinski definition) is 1. The second kappa shape index (κ2) is 13.5. The summed E-state index contributed by atoms with van der Waals surface area (Å²) in [7, 11) is 1.60. The predicted molar refractivity (Wildman–Crippen MR) is 149 cm³/mol. The summed E-state index contributed by atoms with van der Waals surface area (Å²) in [6, 6.07) is 23.8. The van der Waals surface area contributed by atoms with E-state index in [9.17, 15) is 4.79 Å². The van der Waals surface area contributed by atoms with E-state index in [1.165, 1.54) is 11.1 Å². The van der Waals surface area contributed by atoms with Crippen molar-refractivity contribution in [3.63, 3.8) is 0 Å². The van der Waals surface area contributed by atoms with Gasteiger partial charge in [0.15, 0.2) is 0 Å². The highest BCUT2D eigenvalue weighted by molar-refractivity contribution is 5.94. The predicted octanol–water partition coefficient (Wildman–Crippen LogP) is 6.36. The summed E-state index contributed by atoms with van der Waals surface area (Å²) in [6.45, 7) is 4.39. The average molecular weight is 500 g/mol. The second-order valence-electron chi connectivity index (χ2n) is 9.34. The molecule has 194 valence electrons. The number of aromatic nitrogens is 2. The fraction of sp³-hybridized carbons (Fsp3) is 0.355. The first-order valence-electron chi connectivity index (χ1n) is 13.2. The molecule has 4 aromatic rings. The molecule has 6 heteroatoms. The summed E-state index contributed by atoms with van der Waals surface area (Å²) in [5.41, 5.74) is 4.09. The van der Waals surface area contributed by atoms with Crippen molar-refractivity contribution in [3.05, 3.63) is 89.7 Å². The molecule has 0 atom stereocenters. The van der Waals surface area contributed by atoms with Gasteiger partial charge in [-0.05, 0) is 80.6 Å². The van der Waals surface area contributed by atoms with Crippen LogP contribution in [0.1, 0.15) is 53.8 Å². The molecule has 1 amide bonds. The monoisotopic (exact) mass is 499 g/mol. The van der Waals surface area contributed by atoms with Gasteiger partial charge in [0, 0.05) is 25.1 Å². The van der Waals surface area contributed by atoms with Crippen molar-refractivity contribution >= 4 is 16.9 Å². The molecular weight excluding hydrogens is 462 g/mol. The lowest BCUT2D eigenvalue weighted by Crippen LogP contribution is -2.24. The second-order valence-corrected chi connectivity index (χ2v) is 9.34. The van der Waals surface area contributed by atoms with Gasteiger partial charge in [-0.3, -0.25) is 4.79 Å². The van der Waals surface area contributed by atoms with Crippen molar-refractivity contribution in [2.45, 2.75) is 52.0 Å². The minimum absolute atomic E-state index is 0.0629. The summed E-state index contributed by atoms with van der Waals surface area (Å²) in [4.78, 5) is 17.3. The smallest absolute Gasteiger partial charge is 0.251 e. The van der Waals surface area contributed by atoms with Gasteiger partial charge in [-0.25, -0.2) is 4.98 Å². The number of methoxy groups -OCH3 is 1. The molecule has 0 saturated carbocycles. The minimum atomic E-state index is -0.0629. The van der Waals surface area contributed by atoms with Crippen molar-refractivity contribution in [1.29, 1.82) is 0 Å².